The van der Waals surface area contributed by atoms with E-state index in [1.807, 2.05) is 31.3 Å². The number of aryl methyl sites for hydroxylation is 1. The molecule has 0 atom stereocenters. The molecule has 2 N–H and O–H groups in total. The summed E-state index contributed by atoms with van der Waals surface area (Å²) in [6, 6.07) is 7.97. The third-order valence-electron chi connectivity index (χ3n) is 2.73. The van der Waals surface area contributed by atoms with Gasteiger partial charge in [-0.1, -0.05) is 12.1 Å². The number of amides is 1. The third-order valence-corrected chi connectivity index (χ3v) is 2.73. The van der Waals surface area contributed by atoms with Crippen LogP contribution < -0.4 is 15.4 Å². The number of hydrogen-bond acceptors (Lipinski definition) is 3. The van der Waals surface area contributed by atoms with E-state index < -0.39 is 0 Å². The lowest BCUT2D eigenvalue weighted by molar-refractivity contribution is -0.121. The van der Waals surface area contributed by atoms with Crippen molar-refractivity contribution in [2.24, 2.45) is 0 Å². The molecule has 5 heteroatoms. The van der Waals surface area contributed by atoms with Gasteiger partial charge in [0.1, 0.15) is 5.75 Å². The van der Waals surface area contributed by atoms with Crippen molar-refractivity contribution in [1.82, 2.24) is 10.6 Å². The summed E-state index contributed by atoms with van der Waals surface area (Å²) in [5.74, 6) is 0.988. The number of methoxy groups -OCH3 is 1. The first-order chi connectivity index (χ1) is 8.76. The molecule has 1 aromatic carbocycles. The Bertz CT molecular complexity index is 355. The topological polar surface area (TPSA) is 50.4 Å². The Labute approximate surface area is 121 Å². The molecule has 0 aliphatic heterocycles. The zero-order chi connectivity index (χ0) is 13.2. The van der Waals surface area contributed by atoms with Crippen LogP contribution in [0.2, 0.25) is 0 Å². The number of ether oxygens (including phenoxy) is 1. The van der Waals surface area contributed by atoms with Gasteiger partial charge in [0.15, 0.2) is 0 Å². The third kappa shape index (κ3) is 7.70. The standard InChI is InChI=1S/C14H22N2O2.ClH/c1-15-10-11-16-14(17)5-3-4-12-6-8-13(18-2)9-7-12;/h6-9,15H,3-5,10-11H2,1-2H3,(H,16,17);1H. The number of hydrogen-bond donors (Lipinski definition) is 2. The fraction of sp³-hybridized carbons (Fsp3) is 0.500. The Kier molecular flexibility index (Phi) is 9.94. The molecular formula is C14H23ClN2O2. The molecule has 0 fully saturated rings. The van der Waals surface area contributed by atoms with E-state index in [4.69, 9.17) is 4.74 Å². The van der Waals surface area contributed by atoms with Crippen LogP contribution in [-0.4, -0.2) is 33.2 Å². The van der Waals surface area contributed by atoms with Gasteiger partial charge in [-0.15, -0.1) is 12.4 Å². The highest BCUT2D eigenvalue weighted by Crippen LogP contribution is 2.12. The molecule has 0 saturated carbocycles. The van der Waals surface area contributed by atoms with Gasteiger partial charge in [0, 0.05) is 19.5 Å². The summed E-state index contributed by atoms with van der Waals surface area (Å²) < 4.78 is 5.10. The minimum Gasteiger partial charge on any atom is -0.497 e. The molecule has 0 unspecified atom stereocenters. The quantitative estimate of drug-likeness (QED) is 0.716. The summed E-state index contributed by atoms with van der Waals surface area (Å²) in [5, 5.41) is 5.86. The van der Waals surface area contributed by atoms with Crippen LogP contribution >= 0.6 is 12.4 Å². The summed E-state index contributed by atoms with van der Waals surface area (Å²) >= 11 is 0. The average Bonchev–Trinajstić information content (AvgIpc) is 2.40. The Hall–Kier alpha value is -1.26. The Morgan fingerprint density at radius 1 is 1.21 bits per heavy atom. The number of benzene rings is 1. The number of halogens is 1. The van der Waals surface area contributed by atoms with E-state index in [9.17, 15) is 4.79 Å². The van der Waals surface area contributed by atoms with E-state index >= 15 is 0 Å². The zero-order valence-corrected chi connectivity index (χ0v) is 12.4. The lowest BCUT2D eigenvalue weighted by Crippen LogP contribution is -2.30. The maximum atomic E-state index is 11.4. The fourth-order valence-electron chi connectivity index (χ4n) is 1.66. The summed E-state index contributed by atoms with van der Waals surface area (Å²) in [6.07, 6.45) is 2.37. The van der Waals surface area contributed by atoms with Gasteiger partial charge in [-0.2, -0.15) is 0 Å². The normalized spacial score (nSPS) is 9.58. The van der Waals surface area contributed by atoms with Crippen molar-refractivity contribution in [3.8, 4) is 5.75 Å². The predicted molar refractivity (Wildman–Crippen MR) is 80.1 cm³/mol. The molecule has 19 heavy (non-hydrogen) atoms. The zero-order valence-electron chi connectivity index (χ0n) is 11.6. The van der Waals surface area contributed by atoms with Crippen LogP contribution in [0.5, 0.6) is 5.75 Å². The maximum absolute atomic E-state index is 11.4. The Morgan fingerprint density at radius 2 is 1.89 bits per heavy atom. The summed E-state index contributed by atoms with van der Waals surface area (Å²) in [5.41, 5.74) is 1.24. The van der Waals surface area contributed by atoms with Gasteiger partial charge in [-0.05, 0) is 37.6 Å². The van der Waals surface area contributed by atoms with E-state index in [0.717, 1.165) is 25.1 Å². The van der Waals surface area contributed by atoms with Crippen molar-refractivity contribution in [2.75, 3.05) is 27.2 Å². The smallest absolute Gasteiger partial charge is 0.220 e. The lowest BCUT2D eigenvalue weighted by atomic mass is 10.1. The van der Waals surface area contributed by atoms with Crippen LogP contribution in [0.4, 0.5) is 0 Å². The van der Waals surface area contributed by atoms with Gasteiger partial charge in [-0.25, -0.2) is 0 Å². The number of rotatable bonds is 8. The van der Waals surface area contributed by atoms with Crippen molar-refractivity contribution in [3.63, 3.8) is 0 Å². The number of nitrogens with one attached hydrogen (secondary N) is 2. The first kappa shape index (κ1) is 17.7. The second-order valence-corrected chi connectivity index (χ2v) is 4.16. The maximum Gasteiger partial charge on any atom is 0.220 e. The molecule has 1 rings (SSSR count). The second kappa shape index (κ2) is 10.6. The van der Waals surface area contributed by atoms with Crippen molar-refractivity contribution < 1.29 is 9.53 Å². The highest BCUT2D eigenvalue weighted by molar-refractivity contribution is 5.85. The molecule has 0 aromatic heterocycles. The molecular weight excluding hydrogens is 264 g/mol. The monoisotopic (exact) mass is 286 g/mol. The second-order valence-electron chi connectivity index (χ2n) is 4.16. The first-order valence-corrected chi connectivity index (χ1v) is 6.30. The van der Waals surface area contributed by atoms with E-state index in [0.29, 0.717) is 13.0 Å². The van der Waals surface area contributed by atoms with Gasteiger partial charge in [0.2, 0.25) is 5.91 Å². The highest BCUT2D eigenvalue weighted by atomic mass is 35.5. The van der Waals surface area contributed by atoms with E-state index in [-0.39, 0.29) is 18.3 Å². The van der Waals surface area contributed by atoms with Gasteiger partial charge in [-0.3, -0.25) is 4.79 Å². The molecule has 0 saturated heterocycles. The molecule has 0 heterocycles. The lowest BCUT2D eigenvalue weighted by Gasteiger charge is -2.05. The average molecular weight is 287 g/mol. The van der Waals surface area contributed by atoms with E-state index in [1.54, 1.807) is 7.11 Å². The number of likely N-dealkylation sites (N-methyl/N-ethyl adjacent to an activating group) is 1. The van der Waals surface area contributed by atoms with Crippen LogP contribution in [0.1, 0.15) is 18.4 Å². The molecule has 0 aliphatic rings. The number of carbonyl (C=O) groups excluding carboxylic acids is 1. The molecule has 0 aliphatic carbocycles. The van der Waals surface area contributed by atoms with Crippen molar-refractivity contribution in [3.05, 3.63) is 29.8 Å². The van der Waals surface area contributed by atoms with Crippen LogP contribution in [0.15, 0.2) is 24.3 Å². The molecule has 4 nitrogen and oxygen atoms in total. The molecule has 0 bridgehead atoms. The minimum absolute atomic E-state index is 0. The van der Waals surface area contributed by atoms with Crippen molar-refractivity contribution >= 4 is 18.3 Å². The predicted octanol–water partition coefficient (Wildman–Crippen LogP) is 1.78. The Morgan fingerprint density at radius 3 is 2.47 bits per heavy atom. The summed E-state index contributed by atoms with van der Waals surface area (Å²) in [7, 11) is 3.53. The van der Waals surface area contributed by atoms with Crippen LogP contribution in [0, 0.1) is 0 Å². The number of carbonyl (C=O) groups is 1. The SMILES string of the molecule is CNCCNC(=O)CCCc1ccc(OC)cc1.Cl. The van der Waals surface area contributed by atoms with E-state index in [1.165, 1.54) is 5.56 Å². The van der Waals surface area contributed by atoms with Gasteiger partial charge in [0.05, 0.1) is 7.11 Å². The first-order valence-electron chi connectivity index (χ1n) is 6.30. The van der Waals surface area contributed by atoms with Crippen LogP contribution in [-0.2, 0) is 11.2 Å². The molecule has 1 aromatic rings. The fourth-order valence-corrected chi connectivity index (χ4v) is 1.66. The molecule has 0 spiro atoms. The van der Waals surface area contributed by atoms with Gasteiger partial charge in [0.25, 0.3) is 0 Å². The van der Waals surface area contributed by atoms with Gasteiger partial charge >= 0.3 is 0 Å². The summed E-state index contributed by atoms with van der Waals surface area (Å²) in [6.45, 7) is 1.50. The highest BCUT2D eigenvalue weighted by Gasteiger charge is 2.01. The molecule has 1 amide bonds. The van der Waals surface area contributed by atoms with Crippen LogP contribution in [0.3, 0.4) is 0 Å². The van der Waals surface area contributed by atoms with Gasteiger partial charge < -0.3 is 15.4 Å². The van der Waals surface area contributed by atoms with Crippen LogP contribution in [0.25, 0.3) is 0 Å². The molecule has 0 radical (unpaired) electrons. The largest absolute Gasteiger partial charge is 0.497 e. The van der Waals surface area contributed by atoms with Crippen molar-refractivity contribution in [1.29, 1.82) is 0 Å². The molecule has 108 valence electrons. The minimum atomic E-state index is 0. The Balaban J connectivity index is 0.00000324. The van der Waals surface area contributed by atoms with Crippen molar-refractivity contribution in [2.45, 2.75) is 19.3 Å². The van der Waals surface area contributed by atoms with E-state index in [2.05, 4.69) is 10.6 Å². The summed E-state index contributed by atoms with van der Waals surface area (Å²) in [4.78, 5) is 11.4.